The zero-order valence-electron chi connectivity index (χ0n) is 8.59. The molecule has 3 saturated heterocycles. The first-order chi connectivity index (χ1) is 7.58. The van der Waals surface area contributed by atoms with Crippen LogP contribution in [0.5, 0.6) is 0 Å². The van der Waals surface area contributed by atoms with Crippen molar-refractivity contribution in [2.75, 3.05) is 32.2 Å². The lowest BCUT2D eigenvalue weighted by atomic mass is 9.92. The van der Waals surface area contributed by atoms with E-state index in [1.807, 2.05) is 0 Å². The molecule has 0 aromatic rings. The number of ether oxygens (including phenoxy) is 1. The maximum atomic E-state index is 11.4. The molecule has 0 aromatic heterocycles. The van der Waals surface area contributed by atoms with Crippen molar-refractivity contribution < 1.29 is 27.7 Å². The van der Waals surface area contributed by atoms with Gasteiger partial charge in [-0.25, -0.2) is 4.57 Å². The Kier molecular flexibility index (Phi) is 3.61. The topological polar surface area (TPSA) is 71.1 Å². The third kappa shape index (κ3) is 2.60. The highest BCUT2D eigenvalue weighted by Crippen LogP contribution is 2.59. The number of esters is 1. The average molecular weight is 268 g/mol. The number of phosphoric ester groups is 1. The number of carbonyl (C=O) groups is 1. The summed E-state index contributed by atoms with van der Waals surface area (Å²) in [7, 11) is -3.28. The Bertz CT molecular complexity index is 301. The first-order valence-electron chi connectivity index (χ1n) is 4.88. The van der Waals surface area contributed by atoms with E-state index in [4.69, 9.17) is 18.3 Å². The molecule has 3 aliphatic heterocycles. The van der Waals surface area contributed by atoms with E-state index in [0.29, 0.717) is 5.75 Å². The summed E-state index contributed by atoms with van der Waals surface area (Å²) in [4.78, 5) is 11.2. The lowest BCUT2D eigenvalue weighted by Gasteiger charge is -2.43. The molecule has 3 heterocycles. The van der Waals surface area contributed by atoms with Crippen LogP contribution in [0, 0.1) is 5.41 Å². The van der Waals surface area contributed by atoms with Gasteiger partial charge in [-0.1, -0.05) is 0 Å². The molecule has 3 rings (SSSR count). The van der Waals surface area contributed by atoms with E-state index in [1.54, 1.807) is 0 Å². The fourth-order valence-corrected chi connectivity index (χ4v) is 3.11. The molecule has 0 amide bonds. The maximum absolute atomic E-state index is 11.4. The molecule has 0 saturated carbocycles. The van der Waals surface area contributed by atoms with Crippen molar-refractivity contribution in [2.45, 2.75) is 6.42 Å². The normalized spacial score (nSPS) is 37.3. The molecule has 0 spiro atoms. The smallest absolute Gasteiger partial charge is 0.465 e. The number of carbonyl (C=O) groups excluding carboxylic acids is 1. The molecular weight excluding hydrogens is 255 g/mol. The second-order valence-electron chi connectivity index (χ2n) is 3.90. The first-order valence-corrected chi connectivity index (χ1v) is 6.97. The fraction of sp³-hybridized carbons (Fsp3) is 0.875. The van der Waals surface area contributed by atoms with Gasteiger partial charge in [0.1, 0.15) is 6.61 Å². The van der Waals surface area contributed by atoms with Crippen molar-refractivity contribution in [1.29, 1.82) is 0 Å². The number of phosphoric acid groups is 1. The summed E-state index contributed by atoms with van der Waals surface area (Å²) in [6, 6.07) is 0. The number of rotatable bonds is 4. The predicted octanol–water partition coefficient (Wildman–Crippen LogP) is 1.02. The summed E-state index contributed by atoms with van der Waals surface area (Å²) < 4.78 is 31.4. The van der Waals surface area contributed by atoms with Crippen molar-refractivity contribution in [1.82, 2.24) is 0 Å². The molecule has 0 unspecified atom stereocenters. The Balaban J connectivity index is 1.86. The van der Waals surface area contributed by atoms with Gasteiger partial charge in [0.05, 0.1) is 31.7 Å². The van der Waals surface area contributed by atoms with Gasteiger partial charge in [0.25, 0.3) is 0 Å². The molecule has 2 bridgehead atoms. The van der Waals surface area contributed by atoms with Gasteiger partial charge in [-0.3, -0.25) is 18.4 Å². The van der Waals surface area contributed by atoms with Crippen LogP contribution in [0.25, 0.3) is 0 Å². The molecule has 0 atom stereocenters. The lowest BCUT2D eigenvalue weighted by Crippen LogP contribution is -2.48. The summed E-state index contributed by atoms with van der Waals surface area (Å²) >= 11 is 3.93. The Morgan fingerprint density at radius 2 is 1.88 bits per heavy atom. The van der Waals surface area contributed by atoms with Crippen LogP contribution in [0.1, 0.15) is 6.42 Å². The van der Waals surface area contributed by atoms with Crippen LogP contribution >= 0.6 is 20.5 Å². The second-order valence-corrected chi connectivity index (χ2v) is 6.02. The van der Waals surface area contributed by atoms with Crippen LogP contribution in [0.4, 0.5) is 0 Å². The lowest BCUT2D eigenvalue weighted by molar-refractivity contribution is -0.159. The summed E-state index contributed by atoms with van der Waals surface area (Å²) in [6.45, 7) is 0.856. The second kappa shape index (κ2) is 4.66. The maximum Gasteiger partial charge on any atom is 0.474 e. The van der Waals surface area contributed by atoms with Crippen LogP contribution in [-0.4, -0.2) is 38.1 Å². The highest BCUT2D eigenvalue weighted by molar-refractivity contribution is 7.80. The zero-order valence-corrected chi connectivity index (χ0v) is 10.4. The van der Waals surface area contributed by atoms with Crippen molar-refractivity contribution >= 4 is 26.4 Å². The summed E-state index contributed by atoms with van der Waals surface area (Å²) in [6.07, 6.45) is 0.264. The minimum atomic E-state index is -3.28. The molecule has 3 fully saturated rings. The van der Waals surface area contributed by atoms with Crippen molar-refractivity contribution in [3.63, 3.8) is 0 Å². The number of hydrogen-bond donors (Lipinski definition) is 1. The third-order valence-corrected chi connectivity index (χ3v) is 4.00. The standard InChI is InChI=1S/C8H13O6PS/c9-7(1-2-16)11-3-8-4-12-15(10,13-5-8)14-6-8/h16H,1-6H2. The van der Waals surface area contributed by atoms with Gasteiger partial charge in [0.15, 0.2) is 0 Å². The SMILES string of the molecule is O=C(CCS)OCC12COP(=O)(OC1)OC2. The number of thiol groups is 1. The predicted molar refractivity (Wildman–Crippen MR) is 57.3 cm³/mol. The number of hydrogen-bond acceptors (Lipinski definition) is 7. The fourth-order valence-electron chi connectivity index (χ4n) is 1.41. The largest absolute Gasteiger partial charge is 0.474 e. The van der Waals surface area contributed by atoms with E-state index in [2.05, 4.69) is 12.6 Å². The molecule has 16 heavy (non-hydrogen) atoms. The summed E-state index contributed by atoms with van der Waals surface area (Å²) in [5.41, 5.74) is -0.515. The molecule has 0 aliphatic carbocycles. The third-order valence-electron chi connectivity index (χ3n) is 2.44. The highest BCUT2D eigenvalue weighted by Gasteiger charge is 2.51. The molecule has 0 N–H and O–H groups in total. The molecule has 8 heteroatoms. The Hall–Kier alpha value is -0.0700. The van der Waals surface area contributed by atoms with E-state index >= 15 is 0 Å². The minimum Gasteiger partial charge on any atom is -0.465 e. The van der Waals surface area contributed by atoms with Crippen molar-refractivity contribution in [3.05, 3.63) is 0 Å². The van der Waals surface area contributed by atoms with Gasteiger partial charge in [0, 0.05) is 5.75 Å². The van der Waals surface area contributed by atoms with E-state index < -0.39 is 13.2 Å². The van der Waals surface area contributed by atoms with Crippen LogP contribution in [0.2, 0.25) is 0 Å². The van der Waals surface area contributed by atoms with Gasteiger partial charge < -0.3 is 4.74 Å². The Morgan fingerprint density at radius 3 is 2.38 bits per heavy atom. The quantitative estimate of drug-likeness (QED) is 0.466. The van der Waals surface area contributed by atoms with Crippen molar-refractivity contribution in [3.8, 4) is 0 Å². The van der Waals surface area contributed by atoms with Gasteiger partial charge in [0.2, 0.25) is 0 Å². The van der Waals surface area contributed by atoms with Crippen LogP contribution < -0.4 is 0 Å². The molecule has 0 aromatic carbocycles. The van der Waals surface area contributed by atoms with Crippen LogP contribution in [-0.2, 0) is 27.7 Å². The molecule has 6 nitrogen and oxygen atoms in total. The van der Waals surface area contributed by atoms with E-state index in [-0.39, 0.29) is 38.8 Å². The molecule has 0 radical (unpaired) electrons. The van der Waals surface area contributed by atoms with Gasteiger partial charge in [-0.15, -0.1) is 0 Å². The van der Waals surface area contributed by atoms with Gasteiger partial charge in [-0.2, -0.15) is 12.6 Å². The van der Waals surface area contributed by atoms with E-state index in [0.717, 1.165) is 0 Å². The van der Waals surface area contributed by atoms with Crippen LogP contribution in [0.3, 0.4) is 0 Å². The van der Waals surface area contributed by atoms with Crippen molar-refractivity contribution in [2.24, 2.45) is 5.41 Å². The molecule has 3 aliphatic rings. The molecule has 92 valence electrons. The monoisotopic (exact) mass is 268 g/mol. The van der Waals surface area contributed by atoms with E-state index in [1.165, 1.54) is 0 Å². The minimum absolute atomic E-state index is 0.152. The van der Waals surface area contributed by atoms with E-state index in [9.17, 15) is 9.36 Å². The summed E-state index contributed by atoms with van der Waals surface area (Å²) in [5, 5.41) is 0. The molecular formula is C8H13O6PS. The van der Waals surface area contributed by atoms with Gasteiger partial charge >= 0.3 is 13.8 Å². The number of fused-ring (bicyclic) bond motifs is 3. The van der Waals surface area contributed by atoms with Gasteiger partial charge in [-0.05, 0) is 0 Å². The van der Waals surface area contributed by atoms with Crippen LogP contribution in [0.15, 0.2) is 0 Å². The first kappa shape index (κ1) is 12.4. The Morgan fingerprint density at radius 1 is 1.31 bits per heavy atom. The Labute approximate surface area is 98.6 Å². The highest BCUT2D eigenvalue weighted by atomic mass is 32.1. The summed E-state index contributed by atoms with van der Waals surface area (Å²) in [5.74, 6) is 0.133. The average Bonchev–Trinajstić information content (AvgIpc) is 2.29. The zero-order chi connectivity index (χ0) is 11.6.